The van der Waals surface area contributed by atoms with E-state index in [1.165, 1.54) is 34.6 Å². The fraction of sp³-hybridized carbons (Fsp3) is 0.276. The Kier molecular flexibility index (Phi) is 8.50. The zero-order valence-corrected chi connectivity index (χ0v) is 21.7. The van der Waals surface area contributed by atoms with Gasteiger partial charge in [-0.2, -0.15) is 0 Å². The number of hydrogen-bond donors (Lipinski definition) is 0. The second kappa shape index (κ2) is 12.0. The number of amides is 2. The van der Waals surface area contributed by atoms with Crippen LogP contribution in [0.15, 0.2) is 81.5 Å². The number of para-hydroxylation sites is 1. The highest BCUT2D eigenvalue weighted by Gasteiger charge is 2.26. The molecule has 1 atom stereocenters. The molecule has 192 valence electrons. The van der Waals surface area contributed by atoms with E-state index in [1.807, 2.05) is 31.4 Å². The van der Waals surface area contributed by atoms with Gasteiger partial charge in [0, 0.05) is 17.5 Å². The second-order valence-corrected chi connectivity index (χ2v) is 10.0. The topological polar surface area (TPSA) is 70.8 Å². The van der Waals surface area contributed by atoms with Crippen LogP contribution in [0.4, 0.5) is 4.39 Å². The molecule has 0 aliphatic carbocycles. The van der Waals surface area contributed by atoms with Gasteiger partial charge in [-0.05, 0) is 54.6 Å². The largest absolute Gasteiger partial charge is 0.464 e. The van der Waals surface area contributed by atoms with Crippen molar-refractivity contribution in [3.05, 3.63) is 104 Å². The van der Waals surface area contributed by atoms with Crippen LogP contribution in [0.5, 0.6) is 0 Å². The van der Waals surface area contributed by atoms with Gasteiger partial charge in [0.25, 0.3) is 0 Å². The Bertz CT molecular complexity index is 1420. The molecular weight excluding hydrogens is 491 g/mol. The van der Waals surface area contributed by atoms with Crippen LogP contribution in [-0.2, 0) is 29.1 Å². The third-order valence-corrected chi connectivity index (χ3v) is 7.28. The van der Waals surface area contributed by atoms with Crippen LogP contribution in [0.25, 0.3) is 11.0 Å². The molecular formula is C29H29FN2O4S. The average Bonchev–Trinajstić information content (AvgIpc) is 3.42. The van der Waals surface area contributed by atoms with Crippen LogP contribution in [0.2, 0.25) is 0 Å². The van der Waals surface area contributed by atoms with Gasteiger partial charge in [0.2, 0.25) is 11.8 Å². The molecule has 8 heteroatoms. The first kappa shape index (κ1) is 26.3. The van der Waals surface area contributed by atoms with Gasteiger partial charge < -0.3 is 14.2 Å². The van der Waals surface area contributed by atoms with Gasteiger partial charge in [-0.25, -0.2) is 4.39 Å². The highest BCUT2D eigenvalue weighted by Crippen LogP contribution is 2.17. The summed E-state index contributed by atoms with van der Waals surface area (Å²) in [5.41, 5.74) is 1.29. The van der Waals surface area contributed by atoms with Crippen molar-refractivity contribution in [3.8, 4) is 0 Å². The number of carbonyl (C=O) groups excluding carboxylic acids is 2. The predicted molar refractivity (Wildman–Crippen MR) is 143 cm³/mol. The molecule has 37 heavy (non-hydrogen) atoms. The normalized spacial score (nSPS) is 11.9. The fourth-order valence-corrected chi connectivity index (χ4v) is 4.79. The van der Waals surface area contributed by atoms with Crippen molar-refractivity contribution in [3.63, 3.8) is 0 Å². The number of hydrogen-bond acceptors (Lipinski definition) is 5. The molecule has 1 unspecified atom stereocenters. The Morgan fingerprint density at radius 2 is 1.76 bits per heavy atom. The summed E-state index contributed by atoms with van der Waals surface area (Å²) in [5, 5.41) is 2.35. The Balaban J connectivity index is 1.61. The first-order chi connectivity index (χ1) is 17.9. The Morgan fingerprint density at radius 3 is 2.46 bits per heavy atom. The lowest BCUT2D eigenvalue weighted by molar-refractivity contribution is -0.142. The van der Waals surface area contributed by atoms with Gasteiger partial charge in [-0.3, -0.25) is 14.4 Å². The van der Waals surface area contributed by atoms with E-state index in [-0.39, 0.29) is 55.2 Å². The van der Waals surface area contributed by atoms with Crippen molar-refractivity contribution in [2.24, 2.45) is 0 Å². The summed E-state index contributed by atoms with van der Waals surface area (Å²) >= 11 is 1.50. The van der Waals surface area contributed by atoms with Crippen molar-refractivity contribution in [2.75, 3.05) is 6.54 Å². The SMILES string of the molecule is CCC(C)N(CC(=O)N(Cc1ccc(F)cc1)Cc1coc2ccccc2c1=O)C(=O)Cc1cccs1. The molecule has 0 fully saturated rings. The monoisotopic (exact) mass is 520 g/mol. The van der Waals surface area contributed by atoms with Crippen LogP contribution in [0.3, 0.4) is 0 Å². The highest BCUT2D eigenvalue weighted by molar-refractivity contribution is 7.10. The maximum absolute atomic E-state index is 13.7. The first-order valence-corrected chi connectivity index (χ1v) is 13.1. The molecule has 2 heterocycles. The summed E-state index contributed by atoms with van der Waals surface area (Å²) in [4.78, 5) is 44.0. The van der Waals surface area contributed by atoms with Gasteiger partial charge >= 0.3 is 0 Å². The summed E-state index contributed by atoms with van der Waals surface area (Å²) in [7, 11) is 0. The Morgan fingerprint density at radius 1 is 1.00 bits per heavy atom. The van der Waals surface area contributed by atoms with Gasteiger partial charge in [-0.15, -0.1) is 11.3 Å². The molecule has 2 amide bonds. The zero-order chi connectivity index (χ0) is 26.4. The lowest BCUT2D eigenvalue weighted by Gasteiger charge is -2.31. The number of benzene rings is 2. The molecule has 2 aromatic heterocycles. The smallest absolute Gasteiger partial charge is 0.242 e. The van der Waals surface area contributed by atoms with E-state index in [9.17, 15) is 18.8 Å². The van der Waals surface area contributed by atoms with E-state index in [0.717, 1.165) is 4.88 Å². The summed E-state index contributed by atoms with van der Waals surface area (Å²) in [6.07, 6.45) is 2.29. The number of rotatable bonds is 10. The standard InChI is InChI=1S/C29H29FN2O4S/c1-3-20(2)32(27(33)15-24-7-6-14-37-24)18-28(34)31(16-21-10-12-23(30)13-11-21)17-22-19-36-26-9-5-4-8-25(26)29(22)35/h4-14,19-20H,3,15-18H2,1-2H3. The van der Waals surface area contributed by atoms with Gasteiger partial charge in [-0.1, -0.05) is 37.3 Å². The first-order valence-electron chi connectivity index (χ1n) is 12.2. The van der Waals surface area contributed by atoms with Crippen molar-refractivity contribution in [1.82, 2.24) is 9.80 Å². The van der Waals surface area contributed by atoms with Gasteiger partial charge in [0.15, 0.2) is 5.43 Å². The van der Waals surface area contributed by atoms with Crippen LogP contribution in [0.1, 0.15) is 36.3 Å². The van der Waals surface area contributed by atoms with Gasteiger partial charge in [0.05, 0.1) is 30.2 Å². The molecule has 0 bridgehead atoms. The van der Waals surface area contributed by atoms with Crippen LogP contribution >= 0.6 is 11.3 Å². The lowest BCUT2D eigenvalue weighted by atomic mass is 10.1. The maximum Gasteiger partial charge on any atom is 0.242 e. The number of nitrogens with zero attached hydrogens (tertiary/aromatic N) is 2. The van der Waals surface area contributed by atoms with E-state index >= 15 is 0 Å². The molecule has 0 saturated heterocycles. The van der Waals surface area contributed by atoms with Crippen molar-refractivity contribution < 1.29 is 18.4 Å². The van der Waals surface area contributed by atoms with E-state index < -0.39 is 0 Å². The van der Waals surface area contributed by atoms with E-state index in [0.29, 0.717) is 28.5 Å². The molecule has 0 saturated carbocycles. The van der Waals surface area contributed by atoms with E-state index in [2.05, 4.69) is 0 Å². The summed E-state index contributed by atoms with van der Waals surface area (Å²) in [6.45, 7) is 3.91. The Labute approximate surface area is 218 Å². The number of fused-ring (bicyclic) bond motifs is 1. The van der Waals surface area contributed by atoms with Crippen molar-refractivity contribution in [2.45, 2.75) is 45.8 Å². The van der Waals surface area contributed by atoms with Crippen LogP contribution < -0.4 is 5.43 Å². The molecule has 0 spiro atoms. The quantitative estimate of drug-likeness (QED) is 0.281. The van der Waals surface area contributed by atoms with Crippen molar-refractivity contribution in [1.29, 1.82) is 0 Å². The molecule has 0 N–H and O–H groups in total. The number of thiophene rings is 1. The maximum atomic E-state index is 13.7. The minimum Gasteiger partial charge on any atom is -0.464 e. The fourth-order valence-electron chi connectivity index (χ4n) is 4.09. The van der Waals surface area contributed by atoms with Gasteiger partial charge in [0.1, 0.15) is 17.9 Å². The molecule has 0 radical (unpaired) electrons. The molecule has 4 rings (SSSR count). The lowest BCUT2D eigenvalue weighted by Crippen LogP contribution is -2.47. The molecule has 4 aromatic rings. The van der Waals surface area contributed by atoms with Crippen molar-refractivity contribution >= 4 is 34.1 Å². The summed E-state index contributed by atoms with van der Waals surface area (Å²) in [5.74, 6) is -0.812. The average molecular weight is 521 g/mol. The molecule has 6 nitrogen and oxygen atoms in total. The van der Waals surface area contributed by atoms with E-state index in [1.54, 1.807) is 41.3 Å². The van der Waals surface area contributed by atoms with E-state index in [4.69, 9.17) is 4.42 Å². The third-order valence-electron chi connectivity index (χ3n) is 6.41. The highest BCUT2D eigenvalue weighted by atomic mass is 32.1. The zero-order valence-electron chi connectivity index (χ0n) is 20.9. The summed E-state index contributed by atoms with van der Waals surface area (Å²) in [6, 6.07) is 16.5. The minimum atomic E-state index is -0.376. The third kappa shape index (κ3) is 6.51. The molecule has 0 aliphatic heterocycles. The predicted octanol–water partition coefficient (Wildman–Crippen LogP) is 5.39. The number of carbonyl (C=O) groups is 2. The molecule has 0 aliphatic rings. The van der Waals surface area contributed by atoms with Crippen LogP contribution in [-0.4, -0.2) is 34.2 Å². The summed E-state index contributed by atoms with van der Waals surface area (Å²) < 4.78 is 19.2. The molecule has 2 aromatic carbocycles. The second-order valence-electron chi connectivity index (χ2n) is 9.00. The number of halogens is 1. The Hall–Kier alpha value is -3.78. The van der Waals surface area contributed by atoms with Crippen LogP contribution in [0, 0.1) is 5.82 Å². The minimum absolute atomic E-state index is 0.00314.